The Morgan fingerprint density at radius 2 is 1.21 bits per heavy atom. The van der Waals surface area contributed by atoms with Gasteiger partial charge in [-0.25, -0.2) is 0 Å². The smallest absolute Gasteiger partial charge is 0.167 e. The lowest BCUT2D eigenvalue weighted by molar-refractivity contribution is 0.489. The van der Waals surface area contributed by atoms with Crippen LogP contribution in [0.1, 0.15) is 61.4 Å². The zero-order chi connectivity index (χ0) is 33.4. The van der Waals surface area contributed by atoms with Gasteiger partial charge in [-0.15, -0.1) is 12.6 Å². The maximum Gasteiger partial charge on any atom is 0.167 e. The van der Waals surface area contributed by atoms with E-state index in [0.29, 0.717) is 5.11 Å². The summed E-state index contributed by atoms with van der Waals surface area (Å²) in [5, 5.41) is 21.7. The molecule has 0 radical (unpaired) electrons. The van der Waals surface area contributed by atoms with Crippen LogP contribution in [0, 0.1) is 0 Å². The first kappa shape index (κ1) is 38.2. The predicted octanol–water partition coefficient (Wildman–Crippen LogP) is 6.80. The van der Waals surface area contributed by atoms with E-state index >= 15 is 0 Å². The standard InChI is InChI=1S/C39H54N6S2/c1-3-4-8-19-32(2)36(33-20-9-5-10-21-33)44-38(46)42-30-17-28-40-26-15-16-27-41-29-18-31-43-39(47)45-37(34-22-11-6-12-23-34)35-24-13-7-14-25-35/h3-14,19-25,36-37,39-41,43,45,47H,2,15-18,26-31H2,1H3,(H2,42,44,46). The summed E-state index contributed by atoms with van der Waals surface area (Å²) in [6.45, 7) is 12.0. The van der Waals surface area contributed by atoms with Crippen LogP contribution in [0.15, 0.2) is 127 Å². The second-order valence-electron chi connectivity index (χ2n) is 11.4. The van der Waals surface area contributed by atoms with Crippen molar-refractivity contribution in [2.75, 3.05) is 39.3 Å². The van der Waals surface area contributed by atoms with Gasteiger partial charge < -0.3 is 21.3 Å². The van der Waals surface area contributed by atoms with Gasteiger partial charge >= 0.3 is 0 Å². The molecule has 0 saturated carbocycles. The number of benzene rings is 3. The molecule has 8 heteroatoms. The van der Waals surface area contributed by atoms with Crippen LogP contribution in [-0.2, 0) is 0 Å². The van der Waals surface area contributed by atoms with E-state index in [-0.39, 0.29) is 17.6 Å². The Morgan fingerprint density at radius 3 is 1.77 bits per heavy atom. The molecule has 0 spiro atoms. The van der Waals surface area contributed by atoms with Crippen molar-refractivity contribution < 1.29 is 0 Å². The lowest BCUT2D eigenvalue weighted by Gasteiger charge is -2.24. The van der Waals surface area contributed by atoms with E-state index in [9.17, 15) is 0 Å². The maximum atomic E-state index is 5.60. The van der Waals surface area contributed by atoms with Crippen molar-refractivity contribution in [2.24, 2.45) is 0 Å². The average molecular weight is 671 g/mol. The van der Waals surface area contributed by atoms with E-state index in [4.69, 9.17) is 24.8 Å². The van der Waals surface area contributed by atoms with Crippen LogP contribution in [0.5, 0.6) is 0 Å². The van der Waals surface area contributed by atoms with Gasteiger partial charge in [0.2, 0.25) is 0 Å². The monoisotopic (exact) mass is 670 g/mol. The second kappa shape index (κ2) is 24.0. The second-order valence-corrected chi connectivity index (χ2v) is 12.3. The summed E-state index contributed by atoms with van der Waals surface area (Å²) in [4.78, 5) is 0. The number of allylic oxidation sites excluding steroid dienone is 3. The first-order valence-corrected chi connectivity index (χ1v) is 17.8. The Kier molecular flexibility index (Phi) is 19.5. The molecular formula is C39H54N6S2. The first-order chi connectivity index (χ1) is 23.1. The van der Waals surface area contributed by atoms with Gasteiger partial charge in [-0.05, 0) is 99.8 Å². The highest BCUT2D eigenvalue weighted by atomic mass is 32.1. The topological polar surface area (TPSA) is 72.2 Å². The molecule has 3 aromatic carbocycles. The molecule has 47 heavy (non-hydrogen) atoms. The molecule has 3 rings (SSSR count). The summed E-state index contributed by atoms with van der Waals surface area (Å²) < 4.78 is 0. The minimum Gasteiger partial charge on any atom is -0.363 e. The number of thiocarbonyl (C=S) groups is 1. The van der Waals surface area contributed by atoms with Crippen molar-refractivity contribution in [1.82, 2.24) is 31.9 Å². The lowest BCUT2D eigenvalue weighted by atomic mass is 9.99. The van der Waals surface area contributed by atoms with Gasteiger partial charge in [-0.2, -0.15) is 0 Å². The van der Waals surface area contributed by atoms with Crippen LogP contribution in [0.2, 0.25) is 0 Å². The summed E-state index contributed by atoms with van der Waals surface area (Å²) >= 11 is 10.4. The zero-order valence-electron chi connectivity index (χ0n) is 27.8. The normalized spacial score (nSPS) is 12.8. The molecule has 0 heterocycles. The summed E-state index contributed by atoms with van der Waals surface area (Å²) in [5.74, 6) is 0. The molecule has 0 aliphatic heterocycles. The van der Waals surface area contributed by atoms with Crippen molar-refractivity contribution in [3.05, 3.63) is 144 Å². The fourth-order valence-electron chi connectivity index (χ4n) is 5.11. The number of unbranched alkanes of at least 4 members (excludes halogenated alkanes) is 1. The van der Waals surface area contributed by atoms with Crippen LogP contribution >= 0.6 is 24.8 Å². The molecule has 0 amide bonds. The number of thiol groups is 1. The van der Waals surface area contributed by atoms with Gasteiger partial charge in [0.1, 0.15) is 5.50 Å². The maximum absolute atomic E-state index is 5.60. The Bertz CT molecular complexity index is 1280. The number of nitrogens with one attached hydrogen (secondary N) is 6. The van der Waals surface area contributed by atoms with Crippen LogP contribution in [-0.4, -0.2) is 49.9 Å². The van der Waals surface area contributed by atoms with E-state index in [1.807, 2.05) is 61.6 Å². The minimum atomic E-state index is -0.102. The zero-order valence-corrected chi connectivity index (χ0v) is 29.5. The number of hydrogen-bond acceptors (Lipinski definition) is 6. The van der Waals surface area contributed by atoms with Crippen molar-refractivity contribution in [3.63, 3.8) is 0 Å². The fourth-order valence-corrected chi connectivity index (χ4v) is 5.61. The van der Waals surface area contributed by atoms with Crippen molar-refractivity contribution in [1.29, 1.82) is 0 Å². The molecule has 0 bridgehead atoms. The molecule has 3 aromatic rings. The Labute approximate surface area is 294 Å². The van der Waals surface area contributed by atoms with E-state index in [0.717, 1.165) is 76.1 Å². The van der Waals surface area contributed by atoms with E-state index in [1.165, 1.54) is 11.1 Å². The summed E-state index contributed by atoms with van der Waals surface area (Å²) in [6.07, 6.45) is 12.4. The van der Waals surface area contributed by atoms with Gasteiger partial charge in [0.05, 0.1) is 12.1 Å². The van der Waals surface area contributed by atoms with Crippen molar-refractivity contribution >= 4 is 30.0 Å². The molecule has 0 fully saturated rings. The number of rotatable bonds is 23. The minimum absolute atomic E-state index is 0.0739. The Balaban J connectivity index is 1.18. The van der Waals surface area contributed by atoms with Gasteiger partial charge in [0.15, 0.2) is 5.11 Å². The van der Waals surface area contributed by atoms with E-state index < -0.39 is 0 Å². The predicted molar refractivity (Wildman–Crippen MR) is 209 cm³/mol. The van der Waals surface area contributed by atoms with Gasteiger partial charge in [-0.3, -0.25) is 10.6 Å². The van der Waals surface area contributed by atoms with Crippen molar-refractivity contribution in [2.45, 2.75) is 50.2 Å². The van der Waals surface area contributed by atoms with E-state index in [1.54, 1.807) is 0 Å². The molecule has 252 valence electrons. The molecule has 0 aliphatic carbocycles. The van der Waals surface area contributed by atoms with Gasteiger partial charge in [0.25, 0.3) is 0 Å². The SMILES string of the molecule is C=C(C=CC=CC)C(NC(=S)NCCCNCCCCNCCCNC(S)NC(c1ccccc1)c1ccccc1)c1ccccc1. The summed E-state index contributed by atoms with van der Waals surface area (Å²) in [5.41, 5.74) is 4.45. The Hall–Kier alpha value is -3.24. The van der Waals surface area contributed by atoms with E-state index in [2.05, 4.69) is 99.1 Å². The third-order valence-electron chi connectivity index (χ3n) is 7.62. The van der Waals surface area contributed by atoms with Crippen LogP contribution < -0.4 is 31.9 Å². The molecule has 0 aliphatic rings. The average Bonchev–Trinajstić information content (AvgIpc) is 3.11. The number of hydrogen-bond donors (Lipinski definition) is 7. The molecule has 2 unspecified atom stereocenters. The highest BCUT2D eigenvalue weighted by Crippen LogP contribution is 2.23. The molecule has 2 atom stereocenters. The van der Waals surface area contributed by atoms with Gasteiger partial charge in [0, 0.05) is 6.54 Å². The van der Waals surface area contributed by atoms with Gasteiger partial charge in [-0.1, -0.05) is 122 Å². The van der Waals surface area contributed by atoms with Crippen molar-refractivity contribution in [3.8, 4) is 0 Å². The molecule has 0 aromatic heterocycles. The Morgan fingerprint density at radius 1 is 0.702 bits per heavy atom. The quantitative estimate of drug-likeness (QED) is 0.0197. The lowest BCUT2D eigenvalue weighted by Crippen LogP contribution is -2.41. The molecule has 0 saturated heterocycles. The highest BCUT2D eigenvalue weighted by molar-refractivity contribution is 7.80. The van der Waals surface area contributed by atoms with Crippen LogP contribution in [0.4, 0.5) is 0 Å². The fraction of sp³-hybridized carbons (Fsp3) is 0.359. The molecule has 6 nitrogen and oxygen atoms in total. The van der Waals surface area contributed by atoms with Crippen LogP contribution in [0.25, 0.3) is 0 Å². The highest BCUT2D eigenvalue weighted by Gasteiger charge is 2.16. The van der Waals surface area contributed by atoms with Crippen LogP contribution in [0.3, 0.4) is 0 Å². The molecule has 6 N–H and O–H groups in total. The summed E-state index contributed by atoms with van der Waals surface area (Å²) in [7, 11) is 0. The molecular weight excluding hydrogens is 617 g/mol. The largest absolute Gasteiger partial charge is 0.363 e. The summed E-state index contributed by atoms with van der Waals surface area (Å²) in [6, 6.07) is 31.3. The third-order valence-corrected chi connectivity index (χ3v) is 8.22. The third kappa shape index (κ3) is 15.9. The first-order valence-electron chi connectivity index (χ1n) is 16.8.